The van der Waals surface area contributed by atoms with Crippen molar-refractivity contribution in [3.8, 4) is 0 Å². The van der Waals surface area contributed by atoms with E-state index in [0.717, 1.165) is 31.0 Å². The zero-order valence-electron chi connectivity index (χ0n) is 14.2. The van der Waals surface area contributed by atoms with Crippen LogP contribution in [0, 0.1) is 5.82 Å². The highest BCUT2D eigenvalue weighted by atomic mass is 32.2. The minimum absolute atomic E-state index is 0.0485. The molecule has 2 aliphatic rings. The number of nitrogens with two attached hydrogens (primary N) is 1. The van der Waals surface area contributed by atoms with Crippen LogP contribution in [0.15, 0.2) is 59.1 Å². The molecule has 26 heavy (non-hydrogen) atoms. The highest BCUT2D eigenvalue weighted by Gasteiger charge is 2.39. The van der Waals surface area contributed by atoms with Crippen molar-refractivity contribution in [3.63, 3.8) is 0 Å². The third-order valence-electron chi connectivity index (χ3n) is 5.08. The first-order valence-corrected chi connectivity index (χ1v) is 10.1. The predicted molar refractivity (Wildman–Crippen MR) is 97.8 cm³/mol. The van der Waals surface area contributed by atoms with E-state index in [9.17, 15) is 12.8 Å². The largest absolute Gasteiger partial charge is 0.327 e. The van der Waals surface area contributed by atoms with Crippen molar-refractivity contribution in [2.24, 2.45) is 5.73 Å². The Morgan fingerprint density at radius 3 is 2.81 bits per heavy atom. The van der Waals surface area contributed by atoms with Gasteiger partial charge in [-0.05, 0) is 49.6 Å². The van der Waals surface area contributed by atoms with Crippen LogP contribution in [0.3, 0.4) is 0 Å². The maximum absolute atomic E-state index is 13.6. The molecular weight excluding hydrogens is 353 g/mol. The minimum Gasteiger partial charge on any atom is -0.327 e. The summed E-state index contributed by atoms with van der Waals surface area (Å²) >= 11 is 0. The number of hydrogen-bond donors (Lipinski definition) is 1. The Labute approximate surface area is 152 Å². The fraction of sp³-hybridized carbons (Fsp3) is 0.316. The number of anilines is 1. The SMILES string of the molecule is NC1CC=C(C2CN(S(=O)(=O)c3cccc(F)c3)c3cccnc32)CC1. The fourth-order valence-electron chi connectivity index (χ4n) is 3.71. The maximum atomic E-state index is 13.6. The van der Waals surface area contributed by atoms with Crippen LogP contribution < -0.4 is 10.0 Å². The van der Waals surface area contributed by atoms with Crippen LogP contribution in [0.4, 0.5) is 10.1 Å². The molecule has 1 aromatic carbocycles. The lowest BCUT2D eigenvalue weighted by Crippen LogP contribution is -2.31. The number of pyridine rings is 1. The second kappa shape index (κ2) is 6.48. The van der Waals surface area contributed by atoms with Crippen molar-refractivity contribution in [2.75, 3.05) is 10.8 Å². The third kappa shape index (κ3) is 2.91. The van der Waals surface area contributed by atoms with Gasteiger partial charge >= 0.3 is 0 Å². The molecule has 2 atom stereocenters. The molecule has 1 aliphatic carbocycles. The van der Waals surface area contributed by atoms with Crippen molar-refractivity contribution in [1.29, 1.82) is 0 Å². The van der Waals surface area contributed by atoms with Crippen LogP contribution in [0.1, 0.15) is 30.9 Å². The summed E-state index contributed by atoms with van der Waals surface area (Å²) in [5.41, 5.74) is 8.48. The number of sulfonamides is 1. The first-order valence-electron chi connectivity index (χ1n) is 8.64. The van der Waals surface area contributed by atoms with Crippen LogP contribution in [-0.2, 0) is 10.0 Å². The van der Waals surface area contributed by atoms with Gasteiger partial charge in [-0.3, -0.25) is 9.29 Å². The molecule has 2 heterocycles. The maximum Gasteiger partial charge on any atom is 0.264 e. The zero-order chi connectivity index (χ0) is 18.3. The molecular formula is C19H20FN3O2S. The van der Waals surface area contributed by atoms with Gasteiger partial charge in [-0.1, -0.05) is 17.7 Å². The fourth-order valence-corrected chi connectivity index (χ4v) is 5.23. The molecule has 7 heteroatoms. The van der Waals surface area contributed by atoms with Crippen LogP contribution in [0.2, 0.25) is 0 Å². The van der Waals surface area contributed by atoms with Crippen molar-refractivity contribution in [1.82, 2.24) is 4.98 Å². The number of aromatic nitrogens is 1. The smallest absolute Gasteiger partial charge is 0.264 e. The van der Waals surface area contributed by atoms with Gasteiger partial charge in [-0.2, -0.15) is 0 Å². The summed E-state index contributed by atoms with van der Waals surface area (Å²) < 4.78 is 41.2. The monoisotopic (exact) mass is 373 g/mol. The number of hydrogen-bond acceptors (Lipinski definition) is 4. The summed E-state index contributed by atoms with van der Waals surface area (Å²) in [5, 5.41) is 0. The molecule has 0 radical (unpaired) electrons. The van der Waals surface area contributed by atoms with Crippen molar-refractivity contribution < 1.29 is 12.8 Å². The molecule has 0 bridgehead atoms. The van der Waals surface area contributed by atoms with Gasteiger partial charge in [-0.15, -0.1) is 0 Å². The van der Waals surface area contributed by atoms with Crippen LogP contribution in [0.5, 0.6) is 0 Å². The van der Waals surface area contributed by atoms with E-state index in [1.807, 2.05) is 0 Å². The first-order chi connectivity index (χ1) is 12.5. The van der Waals surface area contributed by atoms with E-state index >= 15 is 0 Å². The van der Waals surface area contributed by atoms with E-state index in [1.165, 1.54) is 28.1 Å². The summed E-state index contributed by atoms with van der Waals surface area (Å²) in [7, 11) is -3.86. The third-order valence-corrected chi connectivity index (χ3v) is 6.86. The summed E-state index contributed by atoms with van der Waals surface area (Å²) in [6.45, 7) is 0.284. The molecule has 2 unspecified atom stereocenters. The van der Waals surface area contributed by atoms with Gasteiger partial charge in [0.25, 0.3) is 10.0 Å². The Morgan fingerprint density at radius 1 is 1.23 bits per heavy atom. The Balaban J connectivity index is 1.75. The molecule has 0 saturated carbocycles. The van der Waals surface area contributed by atoms with Gasteiger partial charge < -0.3 is 5.73 Å². The van der Waals surface area contributed by atoms with Crippen molar-refractivity contribution in [3.05, 3.63) is 65.8 Å². The van der Waals surface area contributed by atoms with Gasteiger partial charge in [0.15, 0.2) is 0 Å². The Morgan fingerprint density at radius 2 is 2.08 bits per heavy atom. The normalized spacial score (nSPS) is 22.8. The molecule has 0 saturated heterocycles. The average molecular weight is 373 g/mol. The lowest BCUT2D eigenvalue weighted by Gasteiger charge is -2.23. The standard InChI is InChI=1S/C19H20FN3O2S/c20-14-3-1-4-16(11-14)26(24,25)23-12-17(13-6-8-15(21)9-7-13)19-18(23)5-2-10-22-19/h1-6,10-11,15,17H,7-9,12,21H2. The van der Waals surface area contributed by atoms with Crippen LogP contribution in [-0.4, -0.2) is 26.0 Å². The number of fused-ring (bicyclic) bond motifs is 1. The van der Waals surface area contributed by atoms with Crippen molar-refractivity contribution >= 4 is 15.7 Å². The number of benzene rings is 1. The van der Waals surface area contributed by atoms with E-state index in [-0.39, 0.29) is 23.4 Å². The topological polar surface area (TPSA) is 76.3 Å². The molecule has 0 fully saturated rings. The van der Waals surface area contributed by atoms with Gasteiger partial charge in [0.1, 0.15) is 5.82 Å². The molecule has 4 rings (SSSR count). The summed E-state index contributed by atoms with van der Waals surface area (Å²) in [4.78, 5) is 4.41. The Hall–Kier alpha value is -2.25. The van der Waals surface area contributed by atoms with E-state index in [1.54, 1.807) is 18.3 Å². The van der Waals surface area contributed by atoms with Crippen LogP contribution >= 0.6 is 0 Å². The Kier molecular flexibility index (Phi) is 4.28. The minimum atomic E-state index is -3.86. The van der Waals surface area contributed by atoms with Gasteiger partial charge in [-0.25, -0.2) is 12.8 Å². The summed E-state index contributed by atoms with van der Waals surface area (Å²) in [5.74, 6) is -0.653. The highest BCUT2D eigenvalue weighted by Crippen LogP contribution is 2.43. The van der Waals surface area contributed by atoms with E-state index in [2.05, 4.69) is 11.1 Å². The van der Waals surface area contributed by atoms with Crippen molar-refractivity contribution in [2.45, 2.75) is 36.1 Å². The number of halogens is 1. The lowest BCUT2D eigenvalue weighted by molar-refractivity contribution is 0.562. The molecule has 0 amide bonds. The second-order valence-electron chi connectivity index (χ2n) is 6.77. The van der Waals surface area contributed by atoms with E-state index < -0.39 is 15.8 Å². The van der Waals surface area contributed by atoms with Gasteiger partial charge in [0.05, 0.1) is 16.3 Å². The highest BCUT2D eigenvalue weighted by molar-refractivity contribution is 7.92. The average Bonchev–Trinajstić information content (AvgIpc) is 3.03. The summed E-state index contributed by atoms with van der Waals surface area (Å²) in [6.07, 6.45) is 6.33. The molecule has 136 valence electrons. The molecule has 5 nitrogen and oxygen atoms in total. The first kappa shape index (κ1) is 17.2. The second-order valence-corrected chi connectivity index (χ2v) is 8.63. The molecule has 2 N–H and O–H groups in total. The summed E-state index contributed by atoms with van der Waals surface area (Å²) in [6, 6.07) is 8.76. The predicted octanol–water partition coefficient (Wildman–Crippen LogP) is 2.95. The number of rotatable bonds is 3. The Bertz CT molecular complexity index is 974. The van der Waals surface area contributed by atoms with Gasteiger partial charge in [0.2, 0.25) is 0 Å². The molecule has 1 aromatic heterocycles. The lowest BCUT2D eigenvalue weighted by atomic mass is 9.86. The van der Waals surface area contributed by atoms with Gasteiger partial charge in [0, 0.05) is 24.7 Å². The zero-order valence-corrected chi connectivity index (χ0v) is 15.0. The van der Waals surface area contributed by atoms with E-state index in [0.29, 0.717) is 5.69 Å². The quantitative estimate of drug-likeness (QED) is 0.840. The molecule has 0 spiro atoms. The molecule has 1 aliphatic heterocycles. The van der Waals surface area contributed by atoms with Crippen LogP contribution in [0.25, 0.3) is 0 Å². The number of nitrogens with zero attached hydrogens (tertiary/aromatic N) is 2. The molecule has 2 aromatic rings. The van der Waals surface area contributed by atoms with E-state index in [4.69, 9.17) is 5.73 Å².